The van der Waals surface area contributed by atoms with E-state index in [9.17, 15) is 0 Å². The fourth-order valence-electron chi connectivity index (χ4n) is 1.45. The van der Waals surface area contributed by atoms with Gasteiger partial charge in [0.05, 0.1) is 18.2 Å². The summed E-state index contributed by atoms with van der Waals surface area (Å²) in [5, 5.41) is 0. The molecule has 4 heteroatoms. The minimum absolute atomic E-state index is 0. The van der Waals surface area contributed by atoms with Gasteiger partial charge in [-0.05, 0) is 13.8 Å². The van der Waals surface area contributed by atoms with Crippen molar-refractivity contribution >= 4 is 12.4 Å². The van der Waals surface area contributed by atoms with Crippen LogP contribution in [0.1, 0.15) is 13.8 Å². The van der Waals surface area contributed by atoms with Crippen LogP contribution in [0.25, 0.3) is 0 Å². The first-order chi connectivity index (χ1) is 4.58. The SMILES string of the molecule is CO[C@@H]1[C@@H](N)COC1(C)C.Cl. The molecule has 68 valence electrons. The molecule has 1 heterocycles. The molecule has 0 bridgehead atoms. The van der Waals surface area contributed by atoms with Crippen molar-refractivity contribution < 1.29 is 9.47 Å². The van der Waals surface area contributed by atoms with Gasteiger partial charge in [-0.25, -0.2) is 0 Å². The van der Waals surface area contributed by atoms with E-state index in [2.05, 4.69) is 0 Å². The highest BCUT2D eigenvalue weighted by molar-refractivity contribution is 5.85. The number of rotatable bonds is 1. The molecule has 1 aliphatic heterocycles. The van der Waals surface area contributed by atoms with Crippen LogP contribution in [0.3, 0.4) is 0 Å². The number of nitrogens with two attached hydrogens (primary N) is 1. The van der Waals surface area contributed by atoms with Crippen molar-refractivity contribution in [1.82, 2.24) is 0 Å². The molecule has 0 spiro atoms. The van der Waals surface area contributed by atoms with Gasteiger partial charge in [0, 0.05) is 7.11 Å². The van der Waals surface area contributed by atoms with E-state index < -0.39 is 0 Å². The zero-order valence-corrected chi connectivity index (χ0v) is 7.98. The number of methoxy groups -OCH3 is 1. The molecule has 3 nitrogen and oxygen atoms in total. The molecular weight excluding hydrogens is 166 g/mol. The Kier molecular flexibility index (Phi) is 3.77. The Hall–Kier alpha value is 0.170. The molecular formula is C7H16ClNO2. The predicted molar refractivity (Wildman–Crippen MR) is 46.1 cm³/mol. The minimum atomic E-state index is -0.214. The summed E-state index contributed by atoms with van der Waals surface area (Å²) in [7, 11) is 1.67. The molecule has 0 saturated carbocycles. The van der Waals surface area contributed by atoms with Crippen LogP contribution >= 0.6 is 12.4 Å². The zero-order valence-electron chi connectivity index (χ0n) is 7.16. The number of hydrogen-bond donors (Lipinski definition) is 1. The molecule has 0 radical (unpaired) electrons. The van der Waals surface area contributed by atoms with Crippen molar-refractivity contribution in [1.29, 1.82) is 0 Å². The number of hydrogen-bond acceptors (Lipinski definition) is 3. The predicted octanol–water partition coefficient (Wildman–Crippen LogP) is 0.559. The molecule has 0 aromatic heterocycles. The summed E-state index contributed by atoms with van der Waals surface area (Å²) in [4.78, 5) is 0. The van der Waals surface area contributed by atoms with Crippen molar-refractivity contribution in [3.05, 3.63) is 0 Å². The smallest absolute Gasteiger partial charge is 0.103 e. The highest BCUT2D eigenvalue weighted by Gasteiger charge is 2.41. The van der Waals surface area contributed by atoms with E-state index in [0.717, 1.165) is 0 Å². The highest BCUT2D eigenvalue weighted by atomic mass is 35.5. The van der Waals surface area contributed by atoms with E-state index in [1.807, 2.05) is 13.8 Å². The molecule has 1 fully saturated rings. The molecule has 2 N–H and O–H groups in total. The maximum Gasteiger partial charge on any atom is 0.103 e. The van der Waals surface area contributed by atoms with Crippen LogP contribution in [0.15, 0.2) is 0 Å². The van der Waals surface area contributed by atoms with Gasteiger partial charge < -0.3 is 15.2 Å². The third-order valence-corrected chi connectivity index (χ3v) is 1.98. The Morgan fingerprint density at radius 3 is 2.27 bits per heavy atom. The van der Waals surface area contributed by atoms with Gasteiger partial charge in [-0.1, -0.05) is 0 Å². The quantitative estimate of drug-likeness (QED) is 0.643. The van der Waals surface area contributed by atoms with Gasteiger partial charge >= 0.3 is 0 Å². The molecule has 2 atom stereocenters. The highest BCUT2D eigenvalue weighted by Crippen LogP contribution is 2.26. The topological polar surface area (TPSA) is 44.5 Å². The van der Waals surface area contributed by atoms with E-state index in [1.165, 1.54) is 0 Å². The number of halogens is 1. The molecule has 1 aliphatic rings. The lowest BCUT2D eigenvalue weighted by Crippen LogP contribution is -2.43. The summed E-state index contributed by atoms with van der Waals surface area (Å²) in [6.07, 6.45) is 0.0347. The average molecular weight is 182 g/mol. The van der Waals surface area contributed by atoms with E-state index in [1.54, 1.807) is 7.11 Å². The summed E-state index contributed by atoms with van der Waals surface area (Å²) in [5.41, 5.74) is 5.50. The van der Waals surface area contributed by atoms with Crippen LogP contribution in [-0.4, -0.2) is 31.5 Å². The van der Waals surface area contributed by atoms with Crippen molar-refractivity contribution in [2.45, 2.75) is 31.6 Å². The van der Waals surface area contributed by atoms with Gasteiger partial charge in [-0.15, -0.1) is 12.4 Å². The zero-order chi connectivity index (χ0) is 7.78. The van der Waals surface area contributed by atoms with Gasteiger partial charge in [0.15, 0.2) is 0 Å². The first-order valence-electron chi connectivity index (χ1n) is 3.50. The van der Waals surface area contributed by atoms with Gasteiger partial charge in [-0.2, -0.15) is 0 Å². The molecule has 11 heavy (non-hydrogen) atoms. The van der Waals surface area contributed by atoms with Gasteiger partial charge in [-0.3, -0.25) is 0 Å². The summed E-state index contributed by atoms with van der Waals surface area (Å²) in [5.74, 6) is 0. The Morgan fingerprint density at radius 1 is 1.55 bits per heavy atom. The van der Waals surface area contributed by atoms with Crippen molar-refractivity contribution in [2.24, 2.45) is 5.73 Å². The lowest BCUT2D eigenvalue weighted by atomic mass is 9.99. The fourth-order valence-corrected chi connectivity index (χ4v) is 1.45. The first-order valence-corrected chi connectivity index (χ1v) is 3.50. The van der Waals surface area contributed by atoms with Gasteiger partial charge in [0.1, 0.15) is 6.10 Å². The fraction of sp³-hybridized carbons (Fsp3) is 1.00. The van der Waals surface area contributed by atoms with Gasteiger partial charge in [0.25, 0.3) is 0 Å². The Morgan fingerprint density at radius 2 is 2.09 bits per heavy atom. The first kappa shape index (κ1) is 11.2. The second-order valence-electron chi connectivity index (χ2n) is 3.23. The van der Waals surface area contributed by atoms with E-state index >= 15 is 0 Å². The summed E-state index contributed by atoms with van der Waals surface area (Å²) < 4.78 is 10.6. The second kappa shape index (κ2) is 3.72. The maximum atomic E-state index is 5.72. The third kappa shape index (κ3) is 2.06. The van der Waals surface area contributed by atoms with Crippen LogP contribution in [0.2, 0.25) is 0 Å². The van der Waals surface area contributed by atoms with E-state index in [-0.39, 0.29) is 30.2 Å². The van der Waals surface area contributed by atoms with Crippen LogP contribution in [0, 0.1) is 0 Å². The van der Waals surface area contributed by atoms with Crippen molar-refractivity contribution in [2.75, 3.05) is 13.7 Å². The monoisotopic (exact) mass is 181 g/mol. The van der Waals surface area contributed by atoms with Crippen LogP contribution < -0.4 is 5.73 Å². The molecule has 0 aromatic rings. The minimum Gasteiger partial charge on any atom is -0.377 e. The normalized spacial score (nSPS) is 34.9. The largest absolute Gasteiger partial charge is 0.377 e. The van der Waals surface area contributed by atoms with Crippen molar-refractivity contribution in [3.8, 4) is 0 Å². The third-order valence-electron chi connectivity index (χ3n) is 1.98. The molecule has 0 amide bonds. The summed E-state index contributed by atoms with van der Waals surface area (Å²) in [6.45, 7) is 4.59. The summed E-state index contributed by atoms with van der Waals surface area (Å²) >= 11 is 0. The number of ether oxygens (including phenoxy) is 2. The Balaban J connectivity index is 0.000001000. The summed E-state index contributed by atoms with van der Waals surface area (Å²) in [6, 6.07) is 0.0278. The van der Waals surface area contributed by atoms with Gasteiger partial charge in [0.2, 0.25) is 0 Å². The van der Waals surface area contributed by atoms with E-state index in [0.29, 0.717) is 6.61 Å². The molecule has 1 rings (SSSR count). The standard InChI is InChI=1S/C7H15NO2.ClH/c1-7(2)6(9-3)5(8)4-10-7;/h5-6H,4,8H2,1-3H3;1H/t5-,6+;/m0./s1. The van der Waals surface area contributed by atoms with Crippen LogP contribution in [0.4, 0.5) is 0 Å². The second-order valence-corrected chi connectivity index (χ2v) is 3.23. The van der Waals surface area contributed by atoms with E-state index in [4.69, 9.17) is 15.2 Å². The Labute approximate surface area is 73.6 Å². The maximum absolute atomic E-state index is 5.72. The molecule has 1 saturated heterocycles. The van der Waals surface area contributed by atoms with Crippen LogP contribution in [0.5, 0.6) is 0 Å². The van der Waals surface area contributed by atoms with Crippen molar-refractivity contribution in [3.63, 3.8) is 0 Å². The van der Waals surface area contributed by atoms with Crippen LogP contribution in [-0.2, 0) is 9.47 Å². The molecule has 0 aromatic carbocycles. The average Bonchev–Trinajstić information content (AvgIpc) is 2.07. The Bertz CT molecular complexity index is 130. The lowest BCUT2D eigenvalue weighted by molar-refractivity contribution is -0.0477. The molecule has 0 aliphatic carbocycles. The lowest BCUT2D eigenvalue weighted by Gasteiger charge is -2.25. The molecule has 0 unspecified atom stereocenters.